The van der Waals surface area contributed by atoms with Gasteiger partial charge >= 0.3 is 0 Å². The van der Waals surface area contributed by atoms with Gasteiger partial charge in [-0.3, -0.25) is 9.69 Å². The molecule has 1 N–H and O–H groups in total. The van der Waals surface area contributed by atoms with Gasteiger partial charge < -0.3 is 15.0 Å². The van der Waals surface area contributed by atoms with Crippen molar-refractivity contribution in [2.45, 2.75) is 19.3 Å². The average Bonchev–Trinajstić information content (AvgIpc) is 3.24. The van der Waals surface area contributed by atoms with Crippen LogP contribution < -0.4 is 15.0 Å². The smallest absolute Gasteiger partial charge is 0.220 e. The summed E-state index contributed by atoms with van der Waals surface area (Å²) in [5.41, 5.74) is 1.18. The van der Waals surface area contributed by atoms with Crippen LogP contribution in [0.25, 0.3) is 0 Å². The number of anilines is 1. The summed E-state index contributed by atoms with van der Waals surface area (Å²) in [6.45, 7) is 5.90. The number of para-hydroxylation sites is 2. The van der Waals surface area contributed by atoms with E-state index >= 15 is 0 Å². The molecule has 1 aromatic heterocycles. The number of hydrogen-bond acceptors (Lipinski definition) is 5. The van der Waals surface area contributed by atoms with Gasteiger partial charge in [0.1, 0.15) is 5.75 Å². The van der Waals surface area contributed by atoms with Crippen LogP contribution in [0.1, 0.15) is 17.7 Å². The largest absolute Gasteiger partial charge is 0.495 e. The third-order valence-corrected chi connectivity index (χ3v) is 5.89. The SMILES string of the molecule is COc1ccccc1N1CCN(CCCNC(=O)CCc2cccs2)CC1. The first-order chi connectivity index (χ1) is 13.3. The monoisotopic (exact) mass is 387 g/mol. The molecule has 0 atom stereocenters. The number of methoxy groups -OCH3 is 1. The van der Waals surface area contributed by atoms with Gasteiger partial charge in [0.15, 0.2) is 0 Å². The van der Waals surface area contributed by atoms with Crippen LogP contribution in [0, 0.1) is 0 Å². The first kappa shape index (κ1) is 19.7. The lowest BCUT2D eigenvalue weighted by atomic mass is 10.2. The van der Waals surface area contributed by atoms with Gasteiger partial charge in [-0.25, -0.2) is 0 Å². The zero-order chi connectivity index (χ0) is 18.9. The Balaban J connectivity index is 1.30. The van der Waals surface area contributed by atoms with Gasteiger partial charge in [-0.05, 0) is 43.0 Å². The molecule has 0 aliphatic carbocycles. The molecule has 27 heavy (non-hydrogen) atoms. The molecule has 1 saturated heterocycles. The van der Waals surface area contributed by atoms with Crippen LogP contribution in [0.4, 0.5) is 5.69 Å². The Morgan fingerprint density at radius 3 is 2.70 bits per heavy atom. The molecule has 0 spiro atoms. The summed E-state index contributed by atoms with van der Waals surface area (Å²) in [7, 11) is 1.73. The number of carbonyl (C=O) groups is 1. The molecule has 1 aromatic carbocycles. The maximum Gasteiger partial charge on any atom is 0.220 e. The minimum absolute atomic E-state index is 0.157. The van der Waals surface area contributed by atoms with Gasteiger partial charge in [-0.1, -0.05) is 18.2 Å². The van der Waals surface area contributed by atoms with Crippen LogP contribution in [0.3, 0.4) is 0 Å². The molecule has 0 bridgehead atoms. The second-order valence-corrected chi connectivity index (χ2v) is 7.82. The van der Waals surface area contributed by atoms with Crippen molar-refractivity contribution >= 4 is 22.9 Å². The Morgan fingerprint density at radius 1 is 1.15 bits per heavy atom. The number of thiophene rings is 1. The molecule has 0 saturated carbocycles. The molecular formula is C21H29N3O2S. The van der Waals surface area contributed by atoms with E-state index in [-0.39, 0.29) is 5.91 Å². The number of aryl methyl sites for hydroxylation is 1. The predicted octanol–water partition coefficient (Wildman–Crippen LogP) is 3.02. The molecule has 0 radical (unpaired) electrons. The molecule has 2 heterocycles. The highest BCUT2D eigenvalue weighted by Crippen LogP contribution is 2.28. The number of amides is 1. The summed E-state index contributed by atoms with van der Waals surface area (Å²) in [6, 6.07) is 12.3. The second-order valence-electron chi connectivity index (χ2n) is 6.78. The fourth-order valence-electron chi connectivity index (χ4n) is 3.41. The highest BCUT2D eigenvalue weighted by Gasteiger charge is 2.19. The lowest BCUT2D eigenvalue weighted by Crippen LogP contribution is -2.47. The molecule has 6 heteroatoms. The van der Waals surface area contributed by atoms with Crippen molar-refractivity contribution in [1.29, 1.82) is 0 Å². The molecule has 0 unspecified atom stereocenters. The summed E-state index contributed by atoms with van der Waals surface area (Å²) in [5, 5.41) is 5.10. The van der Waals surface area contributed by atoms with Crippen LogP contribution in [0.2, 0.25) is 0 Å². The normalized spacial score (nSPS) is 14.9. The first-order valence-electron chi connectivity index (χ1n) is 9.65. The van der Waals surface area contributed by atoms with Crippen LogP contribution in [-0.2, 0) is 11.2 Å². The molecule has 1 aliphatic heterocycles. The second kappa shape index (κ2) is 10.3. The van der Waals surface area contributed by atoms with Crippen molar-refractivity contribution in [2.24, 2.45) is 0 Å². The Hall–Kier alpha value is -2.05. The van der Waals surface area contributed by atoms with E-state index in [1.54, 1.807) is 18.4 Å². The number of nitrogens with one attached hydrogen (secondary N) is 1. The van der Waals surface area contributed by atoms with Crippen LogP contribution in [0.5, 0.6) is 5.75 Å². The Morgan fingerprint density at radius 2 is 1.96 bits per heavy atom. The van der Waals surface area contributed by atoms with Crippen molar-refractivity contribution in [3.8, 4) is 5.75 Å². The molecule has 146 valence electrons. The minimum Gasteiger partial charge on any atom is -0.495 e. The highest BCUT2D eigenvalue weighted by atomic mass is 32.1. The van der Waals surface area contributed by atoms with E-state index in [9.17, 15) is 4.79 Å². The predicted molar refractivity (Wildman–Crippen MR) is 112 cm³/mol. The first-order valence-corrected chi connectivity index (χ1v) is 10.5. The van der Waals surface area contributed by atoms with Gasteiger partial charge in [-0.2, -0.15) is 0 Å². The summed E-state index contributed by atoms with van der Waals surface area (Å²) < 4.78 is 5.48. The third kappa shape index (κ3) is 5.97. The van der Waals surface area contributed by atoms with Gasteiger partial charge in [0.25, 0.3) is 0 Å². The number of carbonyl (C=O) groups excluding carboxylic acids is 1. The lowest BCUT2D eigenvalue weighted by Gasteiger charge is -2.36. The van der Waals surface area contributed by atoms with Crippen molar-refractivity contribution in [2.75, 3.05) is 51.3 Å². The summed E-state index contributed by atoms with van der Waals surface area (Å²) >= 11 is 1.71. The van der Waals surface area contributed by atoms with Gasteiger partial charge in [0.2, 0.25) is 5.91 Å². The van der Waals surface area contributed by atoms with E-state index in [4.69, 9.17) is 4.74 Å². The van der Waals surface area contributed by atoms with Crippen molar-refractivity contribution in [3.63, 3.8) is 0 Å². The number of ether oxygens (including phenoxy) is 1. The van der Waals surface area contributed by atoms with E-state index in [1.807, 2.05) is 18.2 Å². The maximum atomic E-state index is 11.9. The molecular weight excluding hydrogens is 358 g/mol. The molecule has 3 rings (SSSR count). The fourth-order valence-corrected chi connectivity index (χ4v) is 4.12. The topological polar surface area (TPSA) is 44.8 Å². The van der Waals surface area contributed by atoms with E-state index in [0.717, 1.165) is 57.9 Å². The van der Waals surface area contributed by atoms with E-state index in [2.05, 4.69) is 38.7 Å². The summed E-state index contributed by atoms with van der Waals surface area (Å²) in [6.07, 6.45) is 2.42. The standard InChI is InChI=1S/C21H29N3O2S/c1-26-20-8-3-2-7-19(20)24-15-13-23(14-16-24)12-5-11-22-21(25)10-9-18-6-4-17-27-18/h2-4,6-8,17H,5,9-16H2,1H3,(H,22,25). The highest BCUT2D eigenvalue weighted by molar-refractivity contribution is 7.09. The van der Waals surface area contributed by atoms with Crippen LogP contribution in [0.15, 0.2) is 41.8 Å². The number of nitrogens with zero attached hydrogens (tertiary/aromatic N) is 2. The van der Waals surface area contributed by atoms with Gasteiger partial charge in [0, 0.05) is 44.0 Å². The van der Waals surface area contributed by atoms with E-state index in [1.165, 1.54) is 10.6 Å². The Bertz CT molecular complexity index is 697. The van der Waals surface area contributed by atoms with Crippen molar-refractivity contribution in [1.82, 2.24) is 10.2 Å². The van der Waals surface area contributed by atoms with Crippen molar-refractivity contribution < 1.29 is 9.53 Å². The molecule has 5 nitrogen and oxygen atoms in total. The lowest BCUT2D eigenvalue weighted by molar-refractivity contribution is -0.121. The van der Waals surface area contributed by atoms with Gasteiger partial charge in [-0.15, -0.1) is 11.3 Å². The van der Waals surface area contributed by atoms with Crippen molar-refractivity contribution in [3.05, 3.63) is 46.7 Å². The Labute approximate surface area is 165 Å². The summed E-state index contributed by atoms with van der Waals surface area (Å²) in [5.74, 6) is 1.10. The number of piperazine rings is 1. The average molecular weight is 388 g/mol. The van der Waals surface area contributed by atoms with Crippen LogP contribution >= 0.6 is 11.3 Å². The van der Waals surface area contributed by atoms with E-state index in [0.29, 0.717) is 6.42 Å². The minimum atomic E-state index is 0.157. The molecule has 1 amide bonds. The number of rotatable bonds is 9. The van der Waals surface area contributed by atoms with Gasteiger partial charge in [0.05, 0.1) is 12.8 Å². The zero-order valence-corrected chi connectivity index (χ0v) is 16.8. The third-order valence-electron chi connectivity index (χ3n) is 4.95. The fraction of sp³-hybridized carbons (Fsp3) is 0.476. The maximum absolute atomic E-state index is 11.9. The Kier molecular flexibility index (Phi) is 7.54. The molecule has 1 fully saturated rings. The number of hydrogen-bond donors (Lipinski definition) is 1. The van der Waals surface area contributed by atoms with E-state index < -0.39 is 0 Å². The quantitative estimate of drug-likeness (QED) is 0.672. The molecule has 2 aromatic rings. The number of benzene rings is 1. The van der Waals surface area contributed by atoms with Crippen LogP contribution in [-0.4, -0.2) is 57.2 Å². The zero-order valence-electron chi connectivity index (χ0n) is 16.0. The summed E-state index contributed by atoms with van der Waals surface area (Å²) in [4.78, 5) is 18.1. The molecule has 1 aliphatic rings.